The molecule has 0 atom stereocenters. The number of carbonyl (C=O) groups is 3. The van der Waals surface area contributed by atoms with Gasteiger partial charge >= 0.3 is 5.97 Å². The van der Waals surface area contributed by atoms with Crippen LogP contribution in [-0.4, -0.2) is 40.9 Å². The molecular formula is C12H14FN3O4. The highest BCUT2D eigenvalue weighted by Gasteiger charge is 2.15. The van der Waals surface area contributed by atoms with Gasteiger partial charge in [-0.1, -0.05) is 6.07 Å². The van der Waals surface area contributed by atoms with E-state index in [0.29, 0.717) is 5.56 Å². The number of hydrogen-bond donors (Lipinski definition) is 3. The van der Waals surface area contributed by atoms with Crippen molar-refractivity contribution < 1.29 is 23.9 Å². The minimum atomic E-state index is -1.37. The fourth-order valence-electron chi connectivity index (χ4n) is 1.70. The van der Waals surface area contributed by atoms with E-state index in [9.17, 15) is 18.8 Å². The minimum absolute atomic E-state index is 0.0443. The van der Waals surface area contributed by atoms with Crippen molar-refractivity contribution in [3.63, 3.8) is 0 Å². The van der Waals surface area contributed by atoms with E-state index in [-0.39, 0.29) is 19.6 Å². The van der Waals surface area contributed by atoms with E-state index in [0.717, 1.165) is 12.1 Å². The van der Waals surface area contributed by atoms with E-state index in [1.807, 2.05) is 0 Å². The molecule has 0 aliphatic carbocycles. The largest absolute Gasteiger partial charge is 0.478 e. The summed E-state index contributed by atoms with van der Waals surface area (Å²) in [4.78, 5) is 33.7. The molecule has 5 N–H and O–H groups in total. The Labute approximate surface area is 114 Å². The lowest BCUT2D eigenvalue weighted by Crippen LogP contribution is -2.39. The third-order valence-electron chi connectivity index (χ3n) is 2.43. The standard InChI is InChI=1S/C12H14FN3O4/c13-9-3-7(1-2-8(9)12(19)20)4-16(5-10(14)17)6-11(15)18/h1-3H,4-6H2,(H2,14,17)(H2,15,18)(H,19,20). The van der Waals surface area contributed by atoms with Crippen LogP contribution in [0.15, 0.2) is 18.2 Å². The fourth-order valence-corrected chi connectivity index (χ4v) is 1.70. The van der Waals surface area contributed by atoms with Gasteiger partial charge in [0.1, 0.15) is 5.82 Å². The minimum Gasteiger partial charge on any atom is -0.478 e. The van der Waals surface area contributed by atoms with Crippen molar-refractivity contribution in [1.29, 1.82) is 0 Å². The molecule has 0 spiro atoms. The Kier molecular flexibility index (Phi) is 5.15. The van der Waals surface area contributed by atoms with Gasteiger partial charge in [0.25, 0.3) is 0 Å². The van der Waals surface area contributed by atoms with Gasteiger partial charge in [-0.15, -0.1) is 0 Å². The van der Waals surface area contributed by atoms with Crippen LogP contribution in [0.2, 0.25) is 0 Å². The van der Waals surface area contributed by atoms with Crippen LogP contribution in [0.4, 0.5) is 4.39 Å². The van der Waals surface area contributed by atoms with Crippen LogP contribution in [0, 0.1) is 5.82 Å². The predicted octanol–water partition coefficient (Wildman–Crippen LogP) is -0.703. The van der Waals surface area contributed by atoms with E-state index in [2.05, 4.69) is 0 Å². The molecule has 0 heterocycles. The lowest BCUT2D eigenvalue weighted by atomic mass is 10.1. The molecule has 20 heavy (non-hydrogen) atoms. The summed E-state index contributed by atoms with van der Waals surface area (Å²) in [7, 11) is 0. The third-order valence-corrected chi connectivity index (χ3v) is 2.43. The highest BCUT2D eigenvalue weighted by atomic mass is 19.1. The average Bonchev–Trinajstić information content (AvgIpc) is 2.26. The molecule has 1 aromatic rings. The summed E-state index contributed by atoms with van der Waals surface area (Å²) >= 11 is 0. The van der Waals surface area contributed by atoms with Gasteiger partial charge in [0.15, 0.2) is 0 Å². The Morgan fingerprint density at radius 1 is 1.15 bits per heavy atom. The van der Waals surface area contributed by atoms with Crippen LogP contribution in [0.5, 0.6) is 0 Å². The molecular weight excluding hydrogens is 269 g/mol. The Bertz CT molecular complexity index is 532. The van der Waals surface area contributed by atoms with Crippen molar-refractivity contribution in [2.45, 2.75) is 6.54 Å². The zero-order chi connectivity index (χ0) is 15.3. The molecule has 1 rings (SSSR count). The summed E-state index contributed by atoms with van der Waals surface area (Å²) in [5.74, 6) is -3.59. The topological polar surface area (TPSA) is 127 Å². The molecule has 0 aliphatic rings. The second kappa shape index (κ2) is 6.62. The lowest BCUT2D eigenvalue weighted by molar-refractivity contribution is -0.122. The number of amides is 2. The molecule has 0 saturated heterocycles. The summed E-state index contributed by atoms with van der Waals surface area (Å²) in [6, 6.07) is 3.53. The van der Waals surface area contributed by atoms with Gasteiger partial charge in [-0.3, -0.25) is 14.5 Å². The molecule has 108 valence electrons. The maximum atomic E-state index is 13.5. The van der Waals surface area contributed by atoms with Gasteiger partial charge in [0.2, 0.25) is 11.8 Å². The molecule has 8 heteroatoms. The number of nitrogens with zero attached hydrogens (tertiary/aromatic N) is 1. The number of carbonyl (C=O) groups excluding carboxylic acids is 2. The number of halogens is 1. The molecule has 2 amide bonds. The number of primary amides is 2. The van der Waals surface area contributed by atoms with Gasteiger partial charge in [0.05, 0.1) is 18.7 Å². The molecule has 0 aliphatic heterocycles. The fraction of sp³-hybridized carbons (Fsp3) is 0.250. The number of aromatic carboxylic acids is 1. The molecule has 0 radical (unpaired) electrons. The van der Waals surface area contributed by atoms with Crippen molar-refractivity contribution in [3.8, 4) is 0 Å². The van der Waals surface area contributed by atoms with Gasteiger partial charge in [-0.2, -0.15) is 0 Å². The maximum Gasteiger partial charge on any atom is 0.338 e. The molecule has 0 unspecified atom stereocenters. The Balaban J connectivity index is 2.87. The van der Waals surface area contributed by atoms with E-state index < -0.39 is 29.2 Å². The summed E-state index contributed by atoms with van der Waals surface area (Å²) in [6.45, 7) is -0.390. The quantitative estimate of drug-likeness (QED) is 0.609. The van der Waals surface area contributed by atoms with Crippen molar-refractivity contribution in [1.82, 2.24) is 4.90 Å². The van der Waals surface area contributed by atoms with Crippen molar-refractivity contribution in [3.05, 3.63) is 35.1 Å². The normalized spacial score (nSPS) is 10.5. The number of benzene rings is 1. The zero-order valence-corrected chi connectivity index (χ0v) is 10.5. The van der Waals surface area contributed by atoms with E-state index in [1.54, 1.807) is 0 Å². The Hall–Kier alpha value is -2.48. The lowest BCUT2D eigenvalue weighted by Gasteiger charge is -2.19. The number of hydrogen-bond acceptors (Lipinski definition) is 4. The average molecular weight is 283 g/mol. The molecule has 0 bridgehead atoms. The molecule has 0 saturated carbocycles. The van der Waals surface area contributed by atoms with E-state index >= 15 is 0 Å². The van der Waals surface area contributed by atoms with Gasteiger partial charge in [-0.25, -0.2) is 9.18 Å². The van der Waals surface area contributed by atoms with Crippen LogP contribution in [0.3, 0.4) is 0 Å². The number of rotatable bonds is 7. The van der Waals surface area contributed by atoms with Crippen LogP contribution in [0.1, 0.15) is 15.9 Å². The first-order chi connectivity index (χ1) is 9.29. The summed E-state index contributed by atoms with van der Waals surface area (Å²) in [6.07, 6.45) is 0. The maximum absolute atomic E-state index is 13.5. The van der Waals surface area contributed by atoms with Gasteiger partial charge < -0.3 is 16.6 Å². The summed E-state index contributed by atoms with van der Waals surface area (Å²) in [5.41, 5.74) is 10.0. The van der Waals surface area contributed by atoms with E-state index in [4.69, 9.17) is 16.6 Å². The summed E-state index contributed by atoms with van der Waals surface area (Å²) < 4.78 is 13.5. The highest BCUT2D eigenvalue weighted by molar-refractivity contribution is 5.87. The van der Waals surface area contributed by atoms with Crippen molar-refractivity contribution in [2.75, 3.05) is 13.1 Å². The number of carboxylic acids is 1. The molecule has 0 fully saturated rings. The van der Waals surface area contributed by atoms with E-state index in [1.165, 1.54) is 11.0 Å². The van der Waals surface area contributed by atoms with Gasteiger partial charge in [0, 0.05) is 6.54 Å². The third kappa shape index (κ3) is 4.65. The van der Waals surface area contributed by atoms with Crippen LogP contribution >= 0.6 is 0 Å². The smallest absolute Gasteiger partial charge is 0.338 e. The monoisotopic (exact) mass is 283 g/mol. The first kappa shape index (κ1) is 15.6. The second-order valence-electron chi connectivity index (χ2n) is 4.20. The Morgan fingerprint density at radius 2 is 1.70 bits per heavy atom. The highest BCUT2D eigenvalue weighted by Crippen LogP contribution is 2.12. The number of carboxylic acid groups (broad SMARTS) is 1. The van der Waals surface area contributed by atoms with Crippen LogP contribution < -0.4 is 11.5 Å². The SMILES string of the molecule is NC(=O)CN(CC(N)=O)Cc1ccc(C(=O)O)c(F)c1. The van der Waals surface area contributed by atoms with Crippen molar-refractivity contribution in [2.24, 2.45) is 11.5 Å². The first-order valence-corrected chi connectivity index (χ1v) is 5.60. The first-order valence-electron chi connectivity index (χ1n) is 5.60. The number of nitrogens with two attached hydrogens (primary N) is 2. The second-order valence-corrected chi connectivity index (χ2v) is 4.20. The summed E-state index contributed by atoms with van der Waals surface area (Å²) in [5, 5.41) is 8.70. The zero-order valence-electron chi connectivity index (χ0n) is 10.5. The van der Waals surface area contributed by atoms with Crippen LogP contribution in [-0.2, 0) is 16.1 Å². The molecule has 1 aromatic carbocycles. The van der Waals surface area contributed by atoms with Crippen molar-refractivity contribution >= 4 is 17.8 Å². The Morgan fingerprint density at radius 3 is 2.10 bits per heavy atom. The van der Waals surface area contributed by atoms with Gasteiger partial charge in [-0.05, 0) is 17.7 Å². The molecule has 0 aromatic heterocycles. The predicted molar refractivity (Wildman–Crippen MR) is 67.0 cm³/mol. The molecule has 7 nitrogen and oxygen atoms in total. The van der Waals surface area contributed by atoms with Crippen LogP contribution in [0.25, 0.3) is 0 Å².